The average molecular weight is 326 g/mol. The monoisotopic (exact) mass is 326 g/mol. The van der Waals surface area contributed by atoms with E-state index in [-0.39, 0.29) is 12.0 Å². The summed E-state index contributed by atoms with van der Waals surface area (Å²) >= 11 is 0. The van der Waals surface area contributed by atoms with Crippen molar-refractivity contribution < 1.29 is 9.53 Å². The number of carbonyl (C=O) groups is 1. The molecule has 1 aliphatic heterocycles. The van der Waals surface area contributed by atoms with Crippen LogP contribution in [0.3, 0.4) is 0 Å². The van der Waals surface area contributed by atoms with Gasteiger partial charge in [0.15, 0.2) is 11.6 Å². The van der Waals surface area contributed by atoms with Crippen LogP contribution < -0.4 is 9.64 Å². The average Bonchev–Trinajstić information content (AvgIpc) is 3.05. The summed E-state index contributed by atoms with van der Waals surface area (Å²) in [4.78, 5) is 24.5. The summed E-state index contributed by atoms with van der Waals surface area (Å²) in [5, 5.41) is 0. The zero-order valence-electron chi connectivity index (χ0n) is 14.1. The van der Waals surface area contributed by atoms with Crippen LogP contribution in [0.2, 0.25) is 0 Å². The molecule has 2 aromatic heterocycles. The molecule has 0 spiro atoms. The highest BCUT2D eigenvalue weighted by Crippen LogP contribution is 2.26. The van der Waals surface area contributed by atoms with Gasteiger partial charge >= 0.3 is 0 Å². The Kier molecular flexibility index (Phi) is 4.93. The molecule has 1 aliphatic rings. The summed E-state index contributed by atoms with van der Waals surface area (Å²) < 4.78 is 6.09. The van der Waals surface area contributed by atoms with E-state index in [0.717, 1.165) is 30.1 Å². The van der Waals surface area contributed by atoms with Gasteiger partial charge in [0.1, 0.15) is 6.10 Å². The van der Waals surface area contributed by atoms with E-state index in [1.165, 1.54) is 0 Å². The first-order chi connectivity index (χ1) is 11.6. The Morgan fingerprint density at radius 2 is 2.08 bits per heavy atom. The molecule has 3 heterocycles. The number of anilines is 1. The van der Waals surface area contributed by atoms with Crippen LogP contribution in [-0.2, 0) is 11.2 Å². The maximum atomic E-state index is 12.4. The topological polar surface area (TPSA) is 58.6 Å². The summed E-state index contributed by atoms with van der Waals surface area (Å²) in [7, 11) is 3.88. The quantitative estimate of drug-likeness (QED) is 0.838. The minimum Gasteiger partial charge on any atom is -0.485 e. The van der Waals surface area contributed by atoms with Crippen molar-refractivity contribution in [3.63, 3.8) is 0 Å². The van der Waals surface area contributed by atoms with Crippen molar-refractivity contribution in [1.82, 2.24) is 14.9 Å². The summed E-state index contributed by atoms with van der Waals surface area (Å²) in [6.45, 7) is 1.35. The normalized spacial score (nSPS) is 16.9. The number of amides is 1. The first-order valence-electron chi connectivity index (χ1n) is 8.09. The fourth-order valence-corrected chi connectivity index (χ4v) is 2.83. The Hall–Kier alpha value is -2.63. The molecule has 0 radical (unpaired) electrons. The molecule has 24 heavy (non-hydrogen) atoms. The Bertz CT molecular complexity index is 690. The van der Waals surface area contributed by atoms with Crippen LogP contribution in [0.15, 0.2) is 42.9 Å². The highest BCUT2D eigenvalue weighted by Gasteiger charge is 2.28. The molecule has 0 bridgehead atoms. The Morgan fingerprint density at radius 1 is 1.29 bits per heavy atom. The number of aromatic nitrogens is 2. The Balaban J connectivity index is 1.59. The molecular weight excluding hydrogens is 304 g/mol. The van der Waals surface area contributed by atoms with Crippen LogP contribution in [-0.4, -0.2) is 54.1 Å². The minimum atomic E-state index is 0.00860. The van der Waals surface area contributed by atoms with Gasteiger partial charge in [-0.2, -0.15) is 0 Å². The molecule has 1 fully saturated rings. The van der Waals surface area contributed by atoms with E-state index in [4.69, 9.17) is 4.74 Å². The fraction of sp³-hybridized carbons (Fsp3) is 0.389. The van der Waals surface area contributed by atoms with Crippen LogP contribution in [0.5, 0.6) is 5.75 Å². The molecule has 1 atom stereocenters. The van der Waals surface area contributed by atoms with Gasteiger partial charge in [0.2, 0.25) is 5.91 Å². The van der Waals surface area contributed by atoms with Gasteiger partial charge < -0.3 is 14.5 Å². The number of hydrogen-bond acceptors (Lipinski definition) is 5. The Morgan fingerprint density at radius 3 is 2.83 bits per heavy atom. The molecule has 126 valence electrons. The van der Waals surface area contributed by atoms with Gasteiger partial charge in [-0.1, -0.05) is 0 Å². The zero-order chi connectivity index (χ0) is 16.9. The maximum absolute atomic E-state index is 12.4. The summed E-state index contributed by atoms with van der Waals surface area (Å²) in [5.41, 5.74) is 0.988. The number of pyridine rings is 2. The second kappa shape index (κ2) is 7.29. The van der Waals surface area contributed by atoms with Gasteiger partial charge in [-0.25, -0.2) is 4.98 Å². The fourth-order valence-electron chi connectivity index (χ4n) is 2.83. The van der Waals surface area contributed by atoms with Crippen molar-refractivity contribution in [3.8, 4) is 5.75 Å². The Labute approximate surface area is 142 Å². The zero-order valence-corrected chi connectivity index (χ0v) is 14.1. The van der Waals surface area contributed by atoms with E-state index < -0.39 is 0 Å². The van der Waals surface area contributed by atoms with E-state index >= 15 is 0 Å². The molecule has 3 rings (SSSR count). The van der Waals surface area contributed by atoms with Crippen molar-refractivity contribution in [2.45, 2.75) is 18.9 Å². The van der Waals surface area contributed by atoms with Crippen molar-refractivity contribution in [2.24, 2.45) is 0 Å². The van der Waals surface area contributed by atoms with E-state index in [2.05, 4.69) is 9.97 Å². The predicted molar refractivity (Wildman–Crippen MR) is 92.1 cm³/mol. The molecule has 1 saturated heterocycles. The molecule has 6 nitrogen and oxygen atoms in total. The van der Waals surface area contributed by atoms with Crippen molar-refractivity contribution in [3.05, 3.63) is 48.4 Å². The lowest BCUT2D eigenvalue weighted by Crippen LogP contribution is -2.32. The second-order valence-corrected chi connectivity index (χ2v) is 6.12. The van der Waals surface area contributed by atoms with E-state index in [1.807, 2.05) is 48.2 Å². The third-order valence-electron chi connectivity index (χ3n) is 4.07. The third kappa shape index (κ3) is 3.82. The number of ether oxygens (including phenoxy) is 1. The van der Waals surface area contributed by atoms with E-state index in [9.17, 15) is 4.79 Å². The predicted octanol–water partition coefficient (Wildman–Crippen LogP) is 1.76. The summed E-state index contributed by atoms with van der Waals surface area (Å²) in [6.07, 6.45) is 6.43. The molecular formula is C18H22N4O2. The number of likely N-dealkylation sites (tertiary alicyclic amines) is 1. The molecule has 0 aromatic carbocycles. The second-order valence-electron chi connectivity index (χ2n) is 6.12. The van der Waals surface area contributed by atoms with Crippen LogP contribution in [0.4, 0.5) is 5.82 Å². The number of rotatable bonds is 5. The largest absolute Gasteiger partial charge is 0.485 e. The lowest BCUT2D eigenvalue weighted by Gasteiger charge is -2.20. The highest BCUT2D eigenvalue weighted by molar-refractivity contribution is 5.79. The van der Waals surface area contributed by atoms with E-state index in [1.54, 1.807) is 18.6 Å². The molecule has 6 heteroatoms. The van der Waals surface area contributed by atoms with Gasteiger partial charge in [0, 0.05) is 45.7 Å². The van der Waals surface area contributed by atoms with Crippen molar-refractivity contribution in [2.75, 3.05) is 32.1 Å². The van der Waals surface area contributed by atoms with Gasteiger partial charge in [0.25, 0.3) is 0 Å². The smallest absolute Gasteiger partial charge is 0.227 e. The van der Waals surface area contributed by atoms with Gasteiger partial charge in [-0.15, -0.1) is 0 Å². The van der Waals surface area contributed by atoms with Gasteiger partial charge in [-0.05, 0) is 29.8 Å². The molecule has 0 unspecified atom stereocenters. The first-order valence-corrected chi connectivity index (χ1v) is 8.09. The maximum Gasteiger partial charge on any atom is 0.227 e. The van der Waals surface area contributed by atoms with E-state index in [0.29, 0.717) is 13.0 Å². The van der Waals surface area contributed by atoms with Crippen LogP contribution >= 0.6 is 0 Å². The molecule has 2 aromatic rings. The first kappa shape index (κ1) is 16.2. The number of carbonyl (C=O) groups excluding carboxylic acids is 1. The molecule has 0 N–H and O–H groups in total. The molecule has 0 aliphatic carbocycles. The standard InChI is InChI=1S/C18H22N4O2/c1-21(2)18-16(4-3-8-20-18)24-15-7-11-22(13-15)17(23)12-14-5-9-19-10-6-14/h3-6,8-10,15H,7,11-13H2,1-2H3/t15-/m1/s1. The third-order valence-corrected chi connectivity index (χ3v) is 4.07. The summed E-state index contributed by atoms with van der Waals surface area (Å²) in [5.74, 6) is 1.70. The van der Waals surface area contributed by atoms with Gasteiger partial charge in [0.05, 0.1) is 13.0 Å². The number of nitrogens with zero attached hydrogens (tertiary/aromatic N) is 4. The van der Waals surface area contributed by atoms with Crippen molar-refractivity contribution >= 4 is 11.7 Å². The highest BCUT2D eigenvalue weighted by atomic mass is 16.5. The SMILES string of the molecule is CN(C)c1ncccc1O[C@@H]1CCN(C(=O)Cc2ccncc2)C1. The van der Waals surface area contributed by atoms with Crippen LogP contribution in [0, 0.1) is 0 Å². The van der Waals surface area contributed by atoms with Gasteiger partial charge in [-0.3, -0.25) is 9.78 Å². The van der Waals surface area contributed by atoms with Crippen molar-refractivity contribution in [1.29, 1.82) is 0 Å². The molecule has 1 amide bonds. The van der Waals surface area contributed by atoms with Crippen LogP contribution in [0.1, 0.15) is 12.0 Å². The lowest BCUT2D eigenvalue weighted by molar-refractivity contribution is -0.129. The minimum absolute atomic E-state index is 0.00860. The summed E-state index contributed by atoms with van der Waals surface area (Å²) in [6, 6.07) is 7.54. The number of hydrogen-bond donors (Lipinski definition) is 0. The lowest BCUT2D eigenvalue weighted by atomic mass is 10.2. The molecule has 0 saturated carbocycles. The van der Waals surface area contributed by atoms with Crippen LogP contribution in [0.25, 0.3) is 0 Å².